The number of methoxy groups -OCH3 is 1. The third-order valence-corrected chi connectivity index (χ3v) is 6.96. The Hall–Kier alpha value is -4.03. The van der Waals surface area contributed by atoms with Crippen LogP contribution in [0.25, 0.3) is 5.70 Å². The number of Topliss-reactive ketones (excluding diaryl/α,β-unsaturated/α-hetero) is 1. The third kappa shape index (κ3) is 4.38. The monoisotopic (exact) mass is 515 g/mol. The predicted molar refractivity (Wildman–Crippen MR) is 142 cm³/mol. The molecule has 0 amide bonds. The zero-order valence-electron chi connectivity index (χ0n) is 20.8. The number of ether oxygens (including phenoxy) is 3. The van der Waals surface area contributed by atoms with Crippen molar-refractivity contribution in [3.63, 3.8) is 0 Å². The topological polar surface area (TPSA) is 73.9 Å². The maximum atomic E-state index is 13.6. The summed E-state index contributed by atoms with van der Waals surface area (Å²) in [5.41, 5.74) is 5.25. The van der Waals surface area contributed by atoms with Crippen LogP contribution in [0.15, 0.2) is 83.6 Å². The number of dihydropyridines is 1. The van der Waals surface area contributed by atoms with Crippen LogP contribution in [-0.4, -0.2) is 25.5 Å². The molecular formula is C30H26ClNO5. The van der Waals surface area contributed by atoms with Crippen LogP contribution in [0.2, 0.25) is 5.02 Å². The maximum Gasteiger partial charge on any atom is 0.336 e. The molecule has 0 bridgehead atoms. The van der Waals surface area contributed by atoms with Crippen LogP contribution < -0.4 is 14.8 Å². The summed E-state index contributed by atoms with van der Waals surface area (Å²) in [5, 5.41) is 3.91. The normalized spacial score (nSPS) is 16.2. The van der Waals surface area contributed by atoms with Crippen LogP contribution >= 0.6 is 11.6 Å². The summed E-state index contributed by atoms with van der Waals surface area (Å²) in [7, 11) is 1.34. The van der Waals surface area contributed by atoms with Gasteiger partial charge in [-0.3, -0.25) is 4.79 Å². The number of allylic oxidation sites excluding steroid dienone is 2. The molecule has 0 fully saturated rings. The molecule has 1 aliphatic heterocycles. The number of esters is 1. The van der Waals surface area contributed by atoms with Gasteiger partial charge in [0.25, 0.3) is 0 Å². The van der Waals surface area contributed by atoms with Crippen molar-refractivity contribution in [3.05, 3.63) is 111 Å². The lowest BCUT2D eigenvalue weighted by atomic mass is 9.79. The second-order valence-corrected chi connectivity index (χ2v) is 9.18. The van der Waals surface area contributed by atoms with Gasteiger partial charge in [-0.2, -0.15) is 0 Å². The Morgan fingerprint density at radius 3 is 2.43 bits per heavy atom. The van der Waals surface area contributed by atoms with Crippen molar-refractivity contribution in [2.45, 2.75) is 26.4 Å². The second kappa shape index (κ2) is 10.1. The Labute approximate surface area is 220 Å². The van der Waals surface area contributed by atoms with Crippen LogP contribution in [0.5, 0.6) is 11.5 Å². The molecule has 0 spiro atoms. The summed E-state index contributed by atoms with van der Waals surface area (Å²) in [4.78, 5) is 26.6. The molecular weight excluding hydrogens is 490 g/mol. The molecule has 0 unspecified atom stereocenters. The highest BCUT2D eigenvalue weighted by Crippen LogP contribution is 2.48. The Balaban J connectivity index is 1.58. The van der Waals surface area contributed by atoms with E-state index in [9.17, 15) is 9.59 Å². The van der Waals surface area contributed by atoms with Gasteiger partial charge < -0.3 is 19.5 Å². The third-order valence-electron chi connectivity index (χ3n) is 6.60. The average Bonchev–Trinajstić information content (AvgIpc) is 3.19. The van der Waals surface area contributed by atoms with Crippen molar-refractivity contribution in [1.29, 1.82) is 0 Å². The van der Waals surface area contributed by atoms with Crippen molar-refractivity contribution in [3.8, 4) is 11.5 Å². The zero-order valence-corrected chi connectivity index (χ0v) is 21.5. The van der Waals surface area contributed by atoms with Gasteiger partial charge in [0.2, 0.25) is 0 Å². The number of fused-ring (bicyclic) bond motifs is 2. The molecule has 5 rings (SSSR count). The van der Waals surface area contributed by atoms with E-state index in [0.717, 1.165) is 16.7 Å². The van der Waals surface area contributed by atoms with Gasteiger partial charge in [-0.05, 0) is 37.6 Å². The molecule has 1 aliphatic carbocycles. The molecule has 3 aromatic rings. The minimum Gasteiger partial charge on any atom is -0.490 e. The molecule has 0 saturated carbocycles. The van der Waals surface area contributed by atoms with E-state index in [0.29, 0.717) is 51.2 Å². The van der Waals surface area contributed by atoms with E-state index in [-0.39, 0.29) is 12.4 Å². The van der Waals surface area contributed by atoms with Gasteiger partial charge in [0, 0.05) is 38.9 Å². The van der Waals surface area contributed by atoms with Crippen molar-refractivity contribution < 1.29 is 23.8 Å². The molecule has 1 N–H and O–H groups in total. The molecule has 0 saturated heterocycles. The minimum absolute atomic E-state index is 0.117. The van der Waals surface area contributed by atoms with Gasteiger partial charge in [-0.1, -0.05) is 60.1 Å². The van der Waals surface area contributed by atoms with Gasteiger partial charge in [0.15, 0.2) is 17.3 Å². The van der Waals surface area contributed by atoms with Gasteiger partial charge >= 0.3 is 5.97 Å². The molecule has 2 aliphatic rings. The number of halogens is 1. The van der Waals surface area contributed by atoms with Crippen LogP contribution in [0.3, 0.4) is 0 Å². The molecule has 6 nitrogen and oxygen atoms in total. The fourth-order valence-corrected chi connectivity index (χ4v) is 5.10. The summed E-state index contributed by atoms with van der Waals surface area (Å²) in [5.74, 6) is -0.204. The first-order valence-electron chi connectivity index (χ1n) is 12.0. The SMILES string of the molecule is CCOc1cc([C@@H]2C(C(=O)OC)=C(C)NC3=C2C(=O)c2ccccc23)ccc1OCc1ccccc1Cl. The Morgan fingerprint density at radius 1 is 0.973 bits per heavy atom. The lowest BCUT2D eigenvalue weighted by Gasteiger charge is -2.29. The van der Waals surface area contributed by atoms with E-state index >= 15 is 0 Å². The van der Waals surface area contributed by atoms with Gasteiger partial charge in [-0.25, -0.2) is 4.79 Å². The first-order valence-corrected chi connectivity index (χ1v) is 12.4. The van der Waals surface area contributed by atoms with E-state index in [1.165, 1.54) is 7.11 Å². The second-order valence-electron chi connectivity index (χ2n) is 8.77. The molecule has 0 aromatic heterocycles. The summed E-state index contributed by atoms with van der Waals surface area (Å²) >= 11 is 6.29. The van der Waals surface area contributed by atoms with Gasteiger partial charge in [-0.15, -0.1) is 0 Å². The largest absolute Gasteiger partial charge is 0.490 e. The number of hydrogen-bond donors (Lipinski definition) is 1. The molecule has 37 heavy (non-hydrogen) atoms. The van der Waals surface area contributed by atoms with Gasteiger partial charge in [0.05, 0.1) is 25.0 Å². The minimum atomic E-state index is -0.638. The number of rotatable bonds is 7. The van der Waals surface area contributed by atoms with Crippen LogP contribution in [0.4, 0.5) is 0 Å². The van der Waals surface area contributed by atoms with E-state index < -0.39 is 11.9 Å². The number of hydrogen-bond acceptors (Lipinski definition) is 6. The smallest absolute Gasteiger partial charge is 0.336 e. The molecule has 1 atom stereocenters. The quantitative estimate of drug-likeness (QED) is 0.386. The number of benzene rings is 3. The van der Waals surface area contributed by atoms with Crippen LogP contribution in [0.1, 0.15) is 46.8 Å². The number of carbonyl (C=O) groups excluding carboxylic acids is 2. The number of ketones is 1. The number of carbonyl (C=O) groups is 2. The standard InChI is InChI=1S/C30H26ClNO5/c1-4-36-24-15-18(13-14-23(24)37-16-19-9-5-8-12-22(19)31)26-25(30(34)35-3)17(2)32-28-20-10-6-7-11-21(20)29(33)27(26)28/h5-15,26,32H,4,16H2,1-3H3/t26-/m1/s1. The first kappa shape index (κ1) is 24.7. The summed E-state index contributed by atoms with van der Waals surface area (Å²) in [6.07, 6.45) is 0. The zero-order chi connectivity index (χ0) is 26.1. The summed E-state index contributed by atoms with van der Waals surface area (Å²) in [6, 6.07) is 20.4. The molecule has 1 heterocycles. The molecule has 0 radical (unpaired) electrons. The lowest BCUT2D eigenvalue weighted by molar-refractivity contribution is -0.136. The van der Waals surface area contributed by atoms with Crippen molar-refractivity contribution in [2.75, 3.05) is 13.7 Å². The lowest BCUT2D eigenvalue weighted by Crippen LogP contribution is -2.29. The van der Waals surface area contributed by atoms with E-state index in [1.807, 2.05) is 68.4 Å². The van der Waals surface area contributed by atoms with Crippen LogP contribution in [0, 0.1) is 0 Å². The van der Waals surface area contributed by atoms with E-state index in [1.54, 1.807) is 12.1 Å². The predicted octanol–water partition coefficient (Wildman–Crippen LogP) is 6.06. The van der Waals surface area contributed by atoms with Crippen LogP contribution in [-0.2, 0) is 16.1 Å². The highest BCUT2D eigenvalue weighted by molar-refractivity contribution is 6.31. The van der Waals surface area contributed by atoms with E-state index in [2.05, 4.69) is 5.32 Å². The van der Waals surface area contributed by atoms with Crippen molar-refractivity contribution in [2.24, 2.45) is 0 Å². The Kier molecular flexibility index (Phi) is 6.76. The fraction of sp³-hybridized carbons (Fsp3) is 0.200. The summed E-state index contributed by atoms with van der Waals surface area (Å²) < 4.78 is 17.1. The highest BCUT2D eigenvalue weighted by Gasteiger charge is 2.43. The molecule has 188 valence electrons. The highest BCUT2D eigenvalue weighted by atomic mass is 35.5. The van der Waals surface area contributed by atoms with Gasteiger partial charge in [0.1, 0.15) is 6.61 Å². The molecule has 7 heteroatoms. The fourth-order valence-electron chi connectivity index (χ4n) is 4.91. The maximum absolute atomic E-state index is 13.6. The van der Waals surface area contributed by atoms with Crippen molar-refractivity contribution in [1.82, 2.24) is 5.32 Å². The number of nitrogens with one attached hydrogen (secondary N) is 1. The van der Waals surface area contributed by atoms with Crippen molar-refractivity contribution >= 4 is 29.1 Å². The average molecular weight is 516 g/mol. The Morgan fingerprint density at radius 2 is 1.70 bits per heavy atom. The first-order chi connectivity index (χ1) is 17.9. The molecule has 3 aromatic carbocycles. The summed E-state index contributed by atoms with van der Waals surface area (Å²) in [6.45, 7) is 4.38. The van der Waals surface area contributed by atoms with E-state index in [4.69, 9.17) is 25.8 Å². The Bertz CT molecular complexity index is 1470.